The zero-order valence-electron chi connectivity index (χ0n) is 16.8. The molecule has 2 N–H and O–H groups in total. The molecule has 2 aliphatic rings. The van der Waals surface area contributed by atoms with Gasteiger partial charge >= 0.3 is 11.8 Å². The van der Waals surface area contributed by atoms with Gasteiger partial charge in [-0.3, -0.25) is 14.6 Å². The maximum Gasteiger partial charge on any atom is 0.309 e. The highest BCUT2D eigenvalue weighted by Crippen LogP contribution is 2.42. The third kappa shape index (κ3) is 4.96. The van der Waals surface area contributed by atoms with E-state index in [-0.39, 0.29) is 18.3 Å². The van der Waals surface area contributed by atoms with Gasteiger partial charge < -0.3 is 15.4 Å². The molecule has 2 fully saturated rings. The number of benzene rings is 1. The van der Waals surface area contributed by atoms with Crippen LogP contribution in [0.25, 0.3) is 0 Å². The van der Waals surface area contributed by atoms with Crippen LogP contribution in [0.5, 0.6) is 11.5 Å². The number of ether oxygens (including phenoxy) is 1. The Hall–Kier alpha value is -2.96. The Morgan fingerprint density at radius 2 is 1.97 bits per heavy atom. The molecule has 2 aliphatic carbocycles. The Balaban J connectivity index is 1.26. The summed E-state index contributed by atoms with van der Waals surface area (Å²) in [7, 11) is 0. The average molecular weight is 411 g/mol. The SMILES string of the molecule is O=C(NCc1ccc(Oc2cccnc2)c(F)c1)C(=O)NC1CCC2CCCC2C1. The smallest absolute Gasteiger partial charge is 0.309 e. The van der Waals surface area contributed by atoms with E-state index in [1.807, 2.05) is 0 Å². The van der Waals surface area contributed by atoms with E-state index >= 15 is 0 Å². The number of hydrogen-bond acceptors (Lipinski definition) is 4. The first kappa shape index (κ1) is 20.3. The van der Waals surface area contributed by atoms with E-state index in [1.54, 1.807) is 24.4 Å². The summed E-state index contributed by atoms with van der Waals surface area (Å²) in [6.07, 6.45) is 9.93. The number of nitrogens with one attached hydrogen (secondary N) is 2. The molecular weight excluding hydrogens is 385 g/mol. The number of rotatable bonds is 5. The lowest BCUT2D eigenvalue weighted by Gasteiger charge is -2.32. The van der Waals surface area contributed by atoms with E-state index in [1.165, 1.54) is 37.6 Å². The Labute approximate surface area is 175 Å². The Bertz CT molecular complexity index is 906. The number of fused-ring (bicyclic) bond motifs is 1. The van der Waals surface area contributed by atoms with E-state index < -0.39 is 17.6 Å². The first-order valence-electron chi connectivity index (χ1n) is 10.5. The summed E-state index contributed by atoms with van der Waals surface area (Å²) in [5, 5.41) is 5.43. The van der Waals surface area contributed by atoms with E-state index in [0.29, 0.717) is 17.2 Å². The number of pyridine rings is 1. The molecule has 0 radical (unpaired) electrons. The summed E-state index contributed by atoms with van der Waals surface area (Å²) >= 11 is 0. The number of carbonyl (C=O) groups is 2. The second-order valence-electron chi connectivity index (χ2n) is 8.17. The summed E-state index contributed by atoms with van der Waals surface area (Å²) in [5.41, 5.74) is 0.540. The minimum Gasteiger partial charge on any atom is -0.453 e. The normalized spacial score (nSPS) is 22.8. The average Bonchev–Trinajstić information content (AvgIpc) is 3.22. The van der Waals surface area contributed by atoms with Crippen molar-refractivity contribution in [2.75, 3.05) is 0 Å². The van der Waals surface area contributed by atoms with Crippen molar-refractivity contribution in [2.24, 2.45) is 11.8 Å². The third-order valence-electron chi connectivity index (χ3n) is 6.14. The second-order valence-corrected chi connectivity index (χ2v) is 8.17. The van der Waals surface area contributed by atoms with Gasteiger partial charge in [0, 0.05) is 18.8 Å². The van der Waals surface area contributed by atoms with Crippen molar-refractivity contribution in [2.45, 2.75) is 51.1 Å². The zero-order chi connectivity index (χ0) is 20.9. The molecule has 30 heavy (non-hydrogen) atoms. The molecule has 0 saturated heterocycles. The zero-order valence-corrected chi connectivity index (χ0v) is 16.8. The lowest BCUT2D eigenvalue weighted by atomic mass is 9.79. The number of nitrogens with zero attached hydrogens (tertiary/aromatic N) is 1. The first-order chi connectivity index (χ1) is 14.6. The van der Waals surface area contributed by atoms with Gasteiger partial charge in [-0.1, -0.05) is 25.3 Å². The molecule has 7 heteroatoms. The standard InChI is InChI=1S/C23H26FN3O3/c24-20-11-15(6-9-21(20)30-19-5-2-10-25-14-19)13-26-22(28)23(29)27-18-8-7-16-3-1-4-17(16)12-18/h2,5-6,9-11,14,16-18H,1,3-4,7-8,12-13H2,(H,26,28)(H,27,29). The monoisotopic (exact) mass is 411 g/mol. The fourth-order valence-corrected chi connectivity index (χ4v) is 4.62. The van der Waals surface area contributed by atoms with Gasteiger partial charge in [0.05, 0.1) is 6.20 Å². The van der Waals surface area contributed by atoms with Crippen LogP contribution in [-0.4, -0.2) is 22.8 Å². The van der Waals surface area contributed by atoms with Gasteiger partial charge in [-0.2, -0.15) is 0 Å². The van der Waals surface area contributed by atoms with E-state index in [2.05, 4.69) is 15.6 Å². The Morgan fingerprint density at radius 1 is 1.10 bits per heavy atom. The van der Waals surface area contributed by atoms with Gasteiger partial charge in [0.15, 0.2) is 11.6 Å². The molecule has 3 unspecified atom stereocenters. The fourth-order valence-electron chi connectivity index (χ4n) is 4.62. The lowest BCUT2D eigenvalue weighted by molar-refractivity contribution is -0.140. The van der Waals surface area contributed by atoms with Gasteiger partial charge in [0.2, 0.25) is 0 Å². The van der Waals surface area contributed by atoms with Crippen molar-refractivity contribution in [3.8, 4) is 11.5 Å². The van der Waals surface area contributed by atoms with Crippen LogP contribution < -0.4 is 15.4 Å². The van der Waals surface area contributed by atoms with Gasteiger partial charge in [0.25, 0.3) is 0 Å². The van der Waals surface area contributed by atoms with Crippen LogP contribution in [0.4, 0.5) is 4.39 Å². The first-order valence-corrected chi connectivity index (χ1v) is 10.5. The van der Waals surface area contributed by atoms with Crippen LogP contribution >= 0.6 is 0 Å². The molecule has 2 aromatic rings. The summed E-state index contributed by atoms with van der Waals surface area (Å²) < 4.78 is 19.8. The minimum atomic E-state index is -0.695. The van der Waals surface area contributed by atoms with Gasteiger partial charge in [-0.25, -0.2) is 4.39 Å². The van der Waals surface area contributed by atoms with Crippen molar-refractivity contribution in [3.05, 3.63) is 54.1 Å². The summed E-state index contributed by atoms with van der Waals surface area (Å²) in [6.45, 7) is 0.0612. The molecule has 6 nitrogen and oxygen atoms in total. The van der Waals surface area contributed by atoms with Gasteiger partial charge in [-0.05, 0) is 60.9 Å². The van der Waals surface area contributed by atoms with E-state index in [0.717, 1.165) is 25.2 Å². The fraction of sp³-hybridized carbons (Fsp3) is 0.435. The molecule has 0 aliphatic heterocycles. The molecule has 0 spiro atoms. The molecular formula is C23H26FN3O3. The van der Waals surface area contributed by atoms with Crippen LogP contribution in [0.3, 0.4) is 0 Å². The Morgan fingerprint density at radius 3 is 2.77 bits per heavy atom. The van der Waals surface area contributed by atoms with E-state index in [9.17, 15) is 14.0 Å². The molecule has 1 aromatic carbocycles. The van der Waals surface area contributed by atoms with Crippen molar-refractivity contribution < 1.29 is 18.7 Å². The molecule has 3 atom stereocenters. The van der Waals surface area contributed by atoms with Crippen molar-refractivity contribution >= 4 is 11.8 Å². The quantitative estimate of drug-likeness (QED) is 0.735. The molecule has 158 valence electrons. The van der Waals surface area contributed by atoms with Gasteiger partial charge in [0.1, 0.15) is 5.75 Å². The highest BCUT2D eigenvalue weighted by atomic mass is 19.1. The summed E-state index contributed by atoms with van der Waals surface area (Å²) in [4.78, 5) is 28.3. The van der Waals surface area contributed by atoms with Crippen molar-refractivity contribution in [3.63, 3.8) is 0 Å². The molecule has 1 aromatic heterocycles. The van der Waals surface area contributed by atoms with Crippen LogP contribution in [0.15, 0.2) is 42.7 Å². The van der Waals surface area contributed by atoms with Crippen LogP contribution in [0.2, 0.25) is 0 Å². The largest absolute Gasteiger partial charge is 0.453 e. The van der Waals surface area contributed by atoms with Crippen molar-refractivity contribution in [1.82, 2.24) is 15.6 Å². The number of hydrogen-bond donors (Lipinski definition) is 2. The maximum atomic E-state index is 14.3. The number of aromatic nitrogens is 1. The Kier molecular flexibility index (Phi) is 6.26. The molecule has 4 rings (SSSR count). The second kappa shape index (κ2) is 9.24. The highest BCUT2D eigenvalue weighted by molar-refractivity contribution is 6.35. The minimum absolute atomic E-state index is 0.0612. The van der Waals surface area contributed by atoms with Crippen LogP contribution in [0, 0.1) is 17.7 Å². The summed E-state index contributed by atoms with van der Waals surface area (Å²) in [6, 6.07) is 7.87. The predicted octanol–water partition coefficient (Wildman–Crippen LogP) is 3.71. The topological polar surface area (TPSA) is 80.3 Å². The number of carbonyl (C=O) groups excluding carboxylic acids is 2. The predicted molar refractivity (Wildman–Crippen MR) is 109 cm³/mol. The van der Waals surface area contributed by atoms with E-state index in [4.69, 9.17) is 4.74 Å². The van der Waals surface area contributed by atoms with Crippen molar-refractivity contribution in [1.29, 1.82) is 0 Å². The number of amides is 2. The van der Waals surface area contributed by atoms with Crippen LogP contribution in [0.1, 0.15) is 44.1 Å². The highest BCUT2D eigenvalue weighted by Gasteiger charge is 2.34. The molecule has 1 heterocycles. The molecule has 0 bridgehead atoms. The maximum absolute atomic E-state index is 14.3. The third-order valence-corrected chi connectivity index (χ3v) is 6.14. The van der Waals surface area contributed by atoms with Gasteiger partial charge in [-0.15, -0.1) is 0 Å². The van der Waals surface area contributed by atoms with Crippen LogP contribution in [-0.2, 0) is 16.1 Å². The number of halogens is 1. The summed E-state index contributed by atoms with van der Waals surface area (Å²) in [5.74, 6) is 0.116. The molecule has 2 amide bonds. The lowest BCUT2D eigenvalue weighted by Crippen LogP contribution is -2.46. The molecule has 2 saturated carbocycles.